The number of nitrogens with one attached hydrogen (secondary N) is 1. The number of anilines is 1. The summed E-state index contributed by atoms with van der Waals surface area (Å²) in [5.74, 6) is -0.396. The number of hydrogen-bond donors (Lipinski definition) is 2. The summed E-state index contributed by atoms with van der Waals surface area (Å²) in [5, 5.41) is 3.25. The summed E-state index contributed by atoms with van der Waals surface area (Å²) >= 11 is -1.88. The Kier molecular flexibility index (Phi) is 7.86. The van der Waals surface area contributed by atoms with Gasteiger partial charge in [-0.3, -0.25) is 4.79 Å². The van der Waals surface area contributed by atoms with Crippen LogP contribution in [0, 0.1) is 5.82 Å². The van der Waals surface area contributed by atoms with Crippen molar-refractivity contribution in [2.45, 2.75) is 32.1 Å². The van der Waals surface area contributed by atoms with Gasteiger partial charge in [0.25, 0.3) is 0 Å². The number of aromatic nitrogens is 1. The summed E-state index contributed by atoms with van der Waals surface area (Å²) in [6.45, 7) is 2.15. The predicted octanol–water partition coefficient (Wildman–Crippen LogP) is 4.46. The molecule has 8 heteroatoms. The second-order valence-electron chi connectivity index (χ2n) is 6.96. The number of hydrogen-bond acceptors (Lipinski definition) is 5. The number of halogens is 1. The number of carbonyl (C=O) groups is 1. The van der Waals surface area contributed by atoms with Crippen LogP contribution in [0.25, 0.3) is 0 Å². The van der Waals surface area contributed by atoms with E-state index in [0.29, 0.717) is 18.7 Å². The molecule has 1 unspecified atom stereocenters. The first kappa shape index (κ1) is 22.6. The van der Waals surface area contributed by atoms with E-state index < -0.39 is 11.1 Å². The highest BCUT2D eigenvalue weighted by atomic mass is 32.2. The number of ether oxygens (including phenoxy) is 1. The summed E-state index contributed by atoms with van der Waals surface area (Å²) in [4.78, 5) is 16.1. The van der Waals surface area contributed by atoms with E-state index in [1.165, 1.54) is 12.1 Å². The Bertz CT molecular complexity index is 1060. The second kappa shape index (κ2) is 10.8. The van der Waals surface area contributed by atoms with Crippen molar-refractivity contribution in [3.63, 3.8) is 0 Å². The number of carbonyl (C=O) groups excluding carboxylic acids is 1. The molecule has 2 N–H and O–H groups in total. The van der Waals surface area contributed by atoms with Gasteiger partial charge in [-0.15, -0.1) is 0 Å². The van der Waals surface area contributed by atoms with E-state index in [9.17, 15) is 13.4 Å². The molecule has 0 bridgehead atoms. The Balaban J connectivity index is 1.76. The lowest BCUT2D eigenvalue weighted by Crippen LogP contribution is -2.10. The van der Waals surface area contributed by atoms with Crippen LogP contribution >= 0.6 is 0 Å². The van der Waals surface area contributed by atoms with Gasteiger partial charge in [-0.25, -0.2) is 13.6 Å². The predicted molar refractivity (Wildman–Crippen MR) is 118 cm³/mol. The smallest absolute Gasteiger partial charge is 0.312 e. The molecule has 0 aliphatic rings. The molecule has 3 aromatic rings. The fraction of sp³-hybridized carbons (Fsp3) is 0.217. The first-order valence-corrected chi connectivity index (χ1v) is 11.0. The molecule has 0 spiro atoms. The van der Waals surface area contributed by atoms with Crippen LogP contribution in [0.4, 0.5) is 10.1 Å². The molecule has 6 nitrogen and oxygen atoms in total. The maximum atomic E-state index is 13.1. The van der Waals surface area contributed by atoms with Crippen LogP contribution in [0.3, 0.4) is 0 Å². The molecule has 0 fully saturated rings. The Hall–Kier alpha value is -3.10. The second-order valence-corrected chi connectivity index (χ2v) is 7.89. The molecular formula is C23H23FN2O4S. The third kappa shape index (κ3) is 6.97. The highest BCUT2D eigenvalue weighted by Crippen LogP contribution is 2.25. The van der Waals surface area contributed by atoms with Crippen molar-refractivity contribution in [1.29, 1.82) is 0 Å². The minimum atomic E-state index is -1.88. The van der Waals surface area contributed by atoms with Crippen molar-refractivity contribution in [2.24, 2.45) is 0 Å². The summed E-state index contributed by atoms with van der Waals surface area (Å²) in [6, 6.07) is 15.4. The van der Waals surface area contributed by atoms with Gasteiger partial charge in [0, 0.05) is 19.2 Å². The zero-order valence-electron chi connectivity index (χ0n) is 17.0. The number of pyridine rings is 1. The van der Waals surface area contributed by atoms with Crippen LogP contribution in [0.1, 0.15) is 35.6 Å². The molecule has 162 valence electrons. The highest BCUT2D eigenvalue weighted by Gasteiger charge is 2.12. The number of benzene rings is 2. The van der Waals surface area contributed by atoms with E-state index in [0.717, 1.165) is 22.3 Å². The minimum absolute atomic E-state index is 0.0835. The van der Waals surface area contributed by atoms with Gasteiger partial charge in [-0.1, -0.05) is 43.3 Å². The van der Waals surface area contributed by atoms with E-state index in [4.69, 9.17) is 9.29 Å². The van der Waals surface area contributed by atoms with Gasteiger partial charge in [0.2, 0.25) is 5.88 Å². The first-order chi connectivity index (χ1) is 14.9. The zero-order chi connectivity index (χ0) is 22.2. The van der Waals surface area contributed by atoms with E-state index in [1.807, 2.05) is 18.2 Å². The van der Waals surface area contributed by atoms with Crippen molar-refractivity contribution in [3.8, 4) is 5.88 Å². The van der Waals surface area contributed by atoms with Crippen molar-refractivity contribution < 1.29 is 22.7 Å². The fourth-order valence-corrected chi connectivity index (χ4v) is 3.39. The SMILES string of the molecule is CCC(=O)Oc1ncc(Cc2ccc(F)cc2)cc1NCc1ccc(CS(=O)O)cc1. The Labute approximate surface area is 182 Å². The Morgan fingerprint density at radius 1 is 1.06 bits per heavy atom. The van der Waals surface area contributed by atoms with Gasteiger partial charge in [0.1, 0.15) is 5.82 Å². The lowest BCUT2D eigenvalue weighted by molar-refractivity contribution is -0.134. The van der Waals surface area contributed by atoms with E-state index >= 15 is 0 Å². The molecule has 1 heterocycles. The number of nitrogens with zero attached hydrogens (tertiary/aromatic N) is 1. The number of esters is 1. The molecular weight excluding hydrogens is 419 g/mol. The van der Waals surface area contributed by atoms with Crippen LogP contribution < -0.4 is 10.1 Å². The number of rotatable bonds is 9. The summed E-state index contributed by atoms with van der Waals surface area (Å²) in [5.41, 5.74) is 4.10. The lowest BCUT2D eigenvalue weighted by Gasteiger charge is -2.13. The molecule has 3 rings (SSSR count). The van der Waals surface area contributed by atoms with Crippen LogP contribution in [0.2, 0.25) is 0 Å². The maximum absolute atomic E-state index is 13.1. The van der Waals surface area contributed by atoms with E-state index in [2.05, 4.69) is 10.3 Å². The maximum Gasteiger partial charge on any atom is 0.312 e. The van der Waals surface area contributed by atoms with Crippen LogP contribution in [-0.4, -0.2) is 19.7 Å². The highest BCUT2D eigenvalue weighted by molar-refractivity contribution is 7.78. The summed E-state index contributed by atoms with van der Waals surface area (Å²) in [6.07, 6.45) is 2.42. The van der Waals surface area contributed by atoms with Gasteiger partial charge in [0.15, 0.2) is 11.1 Å². The van der Waals surface area contributed by atoms with E-state index in [-0.39, 0.29) is 29.8 Å². The third-order valence-electron chi connectivity index (χ3n) is 4.52. The standard InChI is InChI=1S/C23H23FN2O4S/c1-2-22(27)30-23-21(25-13-17-3-5-18(6-4-17)15-31(28)29)12-19(14-26-23)11-16-7-9-20(24)10-8-16/h3-10,12,14,25H,2,11,13,15H2,1H3,(H,28,29). The fourth-order valence-electron chi connectivity index (χ4n) is 2.91. The Morgan fingerprint density at radius 2 is 1.71 bits per heavy atom. The molecule has 0 aliphatic carbocycles. The molecule has 0 amide bonds. The van der Waals surface area contributed by atoms with Crippen molar-refractivity contribution in [2.75, 3.05) is 5.32 Å². The van der Waals surface area contributed by atoms with Crippen LogP contribution in [-0.2, 0) is 34.6 Å². The van der Waals surface area contributed by atoms with Crippen LogP contribution in [0.15, 0.2) is 60.8 Å². The minimum Gasteiger partial charge on any atom is -0.405 e. The molecule has 0 saturated carbocycles. The third-order valence-corrected chi connectivity index (χ3v) is 5.10. The van der Waals surface area contributed by atoms with E-state index in [1.54, 1.807) is 37.4 Å². The van der Waals surface area contributed by atoms with Gasteiger partial charge in [-0.05, 0) is 46.9 Å². The van der Waals surface area contributed by atoms with Crippen molar-refractivity contribution in [3.05, 3.63) is 88.9 Å². The van der Waals surface area contributed by atoms with Gasteiger partial charge >= 0.3 is 5.97 Å². The molecule has 0 saturated heterocycles. The van der Waals surface area contributed by atoms with Gasteiger partial charge < -0.3 is 14.6 Å². The first-order valence-electron chi connectivity index (χ1n) is 9.76. The lowest BCUT2D eigenvalue weighted by atomic mass is 10.1. The van der Waals surface area contributed by atoms with Crippen molar-refractivity contribution in [1.82, 2.24) is 4.98 Å². The molecule has 0 aliphatic heterocycles. The molecule has 1 aromatic heterocycles. The molecule has 31 heavy (non-hydrogen) atoms. The summed E-state index contributed by atoms with van der Waals surface area (Å²) in [7, 11) is 0. The average Bonchev–Trinajstić information content (AvgIpc) is 2.76. The topological polar surface area (TPSA) is 88.5 Å². The van der Waals surface area contributed by atoms with Gasteiger partial charge in [-0.2, -0.15) is 0 Å². The average molecular weight is 443 g/mol. The van der Waals surface area contributed by atoms with Crippen molar-refractivity contribution >= 4 is 22.7 Å². The van der Waals surface area contributed by atoms with Crippen LogP contribution in [0.5, 0.6) is 5.88 Å². The largest absolute Gasteiger partial charge is 0.405 e. The quantitative estimate of drug-likeness (QED) is 0.376. The van der Waals surface area contributed by atoms with Gasteiger partial charge in [0.05, 0.1) is 11.4 Å². The zero-order valence-corrected chi connectivity index (χ0v) is 17.8. The molecule has 1 atom stereocenters. The monoisotopic (exact) mass is 442 g/mol. The molecule has 2 aromatic carbocycles. The normalized spacial score (nSPS) is 11.7. The Morgan fingerprint density at radius 3 is 2.35 bits per heavy atom. The summed E-state index contributed by atoms with van der Waals surface area (Å²) < 4.78 is 38.4. The molecule has 0 radical (unpaired) electrons.